The zero-order chi connectivity index (χ0) is 46.9. The minimum atomic E-state index is -1.14. The van der Waals surface area contributed by atoms with Gasteiger partial charge in [0.2, 0.25) is 41.4 Å². The smallest absolute Gasteiger partial charge is 0.407 e. The van der Waals surface area contributed by atoms with Gasteiger partial charge in [0.05, 0.1) is 52.6 Å². The number of carbonyl (C=O) groups is 10. The van der Waals surface area contributed by atoms with Gasteiger partial charge in [-0.3, -0.25) is 53.0 Å². The van der Waals surface area contributed by atoms with Crippen LogP contribution in [0.4, 0.5) is 4.79 Å². The third-order valence-electron chi connectivity index (χ3n) is 9.65. The first-order valence-electron chi connectivity index (χ1n) is 20.5. The number of nitrogens with one attached hydrogen (secondary N) is 5. The number of benzene rings is 1. The molecule has 1 aromatic carbocycles. The highest BCUT2D eigenvalue weighted by Crippen LogP contribution is 2.07. The summed E-state index contributed by atoms with van der Waals surface area (Å²) in [6.07, 6.45) is 1.22. The van der Waals surface area contributed by atoms with Gasteiger partial charge in [-0.25, -0.2) is 4.79 Å². The van der Waals surface area contributed by atoms with E-state index in [0.29, 0.717) is 18.7 Å². The summed E-state index contributed by atoms with van der Waals surface area (Å²) in [6, 6.07) is 7.63. The molecule has 1 fully saturated rings. The van der Waals surface area contributed by atoms with Crippen LogP contribution < -0.4 is 26.6 Å². The molecule has 6 N–H and O–H groups in total. The van der Waals surface area contributed by atoms with E-state index in [1.165, 1.54) is 19.0 Å². The SMILES string of the molecule is CN(CCN(C)C(=O)COCNC(=O)CNC(=O)[C@H](Cc1ccccc1)NC(=O)CNC(=O)CNC(=O)CN1CCOCCN(C(=O)CCN2C(=O)C=CC2=O)CCOCC1)C(=O)O. The molecular formula is C40H58N10O14. The highest BCUT2D eigenvalue weighted by molar-refractivity contribution is 6.13. The molecule has 10 amide bonds. The van der Waals surface area contributed by atoms with Gasteiger partial charge < -0.3 is 60.6 Å². The third kappa shape index (κ3) is 20.1. The molecule has 2 aliphatic rings. The van der Waals surface area contributed by atoms with Crippen molar-refractivity contribution in [3.8, 4) is 0 Å². The Bertz CT molecular complexity index is 1780. The Morgan fingerprint density at radius 2 is 1.30 bits per heavy atom. The highest BCUT2D eigenvalue weighted by Gasteiger charge is 2.26. The monoisotopic (exact) mass is 902 g/mol. The van der Waals surface area contributed by atoms with Gasteiger partial charge in [-0.2, -0.15) is 0 Å². The van der Waals surface area contributed by atoms with Crippen molar-refractivity contribution in [2.24, 2.45) is 0 Å². The van der Waals surface area contributed by atoms with Gasteiger partial charge in [-0.1, -0.05) is 30.3 Å². The molecule has 0 aliphatic carbocycles. The van der Waals surface area contributed by atoms with Crippen molar-refractivity contribution < 1.29 is 67.3 Å². The maximum Gasteiger partial charge on any atom is 0.407 e. The molecule has 0 radical (unpaired) electrons. The molecule has 24 heteroatoms. The summed E-state index contributed by atoms with van der Waals surface area (Å²) in [5, 5.41) is 21.2. The normalized spacial score (nSPS) is 15.2. The Hall–Kier alpha value is -6.50. The van der Waals surface area contributed by atoms with Crippen LogP contribution in [-0.4, -0.2) is 221 Å². The van der Waals surface area contributed by atoms with Crippen LogP contribution in [0.3, 0.4) is 0 Å². The van der Waals surface area contributed by atoms with Gasteiger partial charge in [0, 0.05) is 84.9 Å². The fraction of sp³-hybridized carbons (Fsp3) is 0.550. The largest absolute Gasteiger partial charge is 0.465 e. The minimum absolute atomic E-state index is 0.0246. The van der Waals surface area contributed by atoms with Crippen molar-refractivity contribution in [3.63, 3.8) is 0 Å². The fourth-order valence-electron chi connectivity index (χ4n) is 5.83. The first kappa shape index (κ1) is 51.8. The molecule has 0 spiro atoms. The van der Waals surface area contributed by atoms with Crippen LogP contribution in [0.2, 0.25) is 0 Å². The van der Waals surface area contributed by atoms with Gasteiger partial charge >= 0.3 is 6.09 Å². The van der Waals surface area contributed by atoms with Crippen molar-refractivity contribution in [2.75, 3.05) is 126 Å². The molecule has 2 aliphatic heterocycles. The van der Waals surface area contributed by atoms with Crippen molar-refractivity contribution >= 4 is 59.3 Å². The van der Waals surface area contributed by atoms with E-state index >= 15 is 0 Å². The zero-order valence-electron chi connectivity index (χ0n) is 36.0. The van der Waals surface area contributed by atoms with Crippen LogP contribution in [0.25, 0.3) is 0 Å². The van der Waals surface area contributed by atoms with Crippen molar-refractivity contribution in [1.29, 1.82) is 0 Å². The van der Waals surface area contributed by atoms with Gasteiger partial charge in [-0.05, 0) is 5.56 Å². The quantitative estimate of drug-likeness (QED) is 0.0365. The average molecular weight is 903 g/mol. The number of carboxylic acid groups (broad SMARTS) is 1. The highest BCUT2D eigenvalue weighted by atomic mass is 16.5. The third-order valence-corrected chi connectivity index (χ3v) is 9.65. The second-order valence-corrected chi connectivity index (χ2v) is 14.5. The first-order chi connectivity index (χ1) is 30.6. The molecule has 0 aromatic heterocycles. The number of amides is 10. The van der Waals surface area contributed by atoms with E-state index in [1.807, 2.05) is 0 Å². The number of hydrogen-bond acceptors (Lipinski definition) is 14. The lowest BCUT2D eigenvalue weighted by Crippen LogP contribution is -2.52. The average Bonchev–Trinajstić information content (AvgIpc) is 3.59. The summed E-state index contributed by atoms with van der Waals surface area (Å²) >= 11 is 0. The van der Waals surface area contributed by atoms with Crippen molar-refractivity contribution in [3.05, 3.63) is 48.0 Å². The number of rotatable bonds is 22. The molecule has 64 heavy (non-hydrogen) atoms. The van der Waals surface area contributed by atoms with Gasteiger partial charge in [0.15, 0.2) is 0 Å². The Morgan fingerprint density at radius 1 is 0.734 bits per heavy atom. The van der Waals surface area contributed by atoms with Crippen LogP contribution in [0, 0.1) is 0 Å². The maximum absolute atomic E-state index is 13.1. The lowest BCUT2D eigenvalue weighted by Gasteiger charge is -2.26. The number of ether oxygens (including phenoxy) is 3. The first-order valence-corrected chi connectivity index (χ1v) is 20.5. The molecule has 352 valence electrons. The molecule has 2 heterocycles. The van der Waals surface area contributed by atoms with Crippen LogP contribution in [0.5, 0.6) is 0 Å². The summed E-state index contributed by atoms with van der Waals surface area (Å²) in [6.45, 7) is 0.0525. The predicted molar refractivity (Wildman–Crippen MR) is 223 cm³/mol. The van der Waals surface area contributed by atoms with E-state index in [0.717, 1.165) is 22.0 Å². The molecule has 0 bridgehead atoms. The Labute approximate surface area is 369 Å². The topological polar surface area (TPSA) is 295 Å². The Morgan fingerprint density at radius 3 is 1.94 bits per heavy atom. The minimum Gasteiger partial charge on any atom is -0.465 e. The van der Waals surface area contributed by atoms with Crippen LogP contribution in [0.15, 0.2) is 42.5 Å². The molecule has 1 aromatic rings. The van der Waals surface area contributed by atoms with Crippen molar-refractivity contribution in [1.82, 2.24) is 51.1 Å². The van der Waals surface area contributed by atoms with Crippen LogP contribution in [-0.2, 0) is 63.8 Å². The van der Waals surface area contributed by atoms with E-state index in [9.17, 15) is 47.9 Å². The lowest BCUT2D eigenvalue weighted by atomic mass is 10.1. The predicted octanol–water partition coefficient (Wildman–Crippen LogP) is -4.29. The van der Waals surface area contributed by atoms with E-state index < -0.39 is 79.0 Å². The standard InChI is InChI=1S/C40H58N10O14/c1-46(12-13-47(2)40(60)61)38(58)27-64-28-44-32(52)24-43-39(59)30(22-29-6-4-3-5-7-29)45-33(53)25-41-31(51)23-42-34(54)26-48-14-18-62-20-16-49(17-21-63-19-15-48)35(55)10-11-50-36(56)8-9-37(50)57/h3-9,30H,10-28H2,1-2H3,(H,41,51)(H,42,54)(H,43,59)(H,44,52)(H,45,53)(H,60,61)/t30-/m0/s1. The summed E-state index contributed by atoms with van der Waals surface area (Å²) in [5.74, 6) is -4.79. The summed E-state index contributed by atoms with van der Waals surface area (Å²) in [7, 11) is 2.84. The second kappa shape index (κ2) is 28.2. The Kier molecular flexibility index (Phi) is 22.9. The van der Waals surface area contributed by atoms with Crippen molar-refractivity contribution in [2.45, 2.75) is 18.9 Å². The van der Waals surface area contributed by atoms with E-state index in [-0.39, 0.29) is 97.8 Å². The molecule has 1 saturated heterocycles. The lowest BCUT2D eigenvalue weighted by molar-refractivity contribution is -0.139. The molecule has 3 rings (SSSR count). The second-order valence-electron chi connectivity index (χ2n) is 14.5. The molecule has 0 saturated carbocycles. The summed E-state index contributed by atoms with van der Waals surface area (Å²) < 4.78 is 16.6. The summed E-state index contributed by atoms with van der Waals surface area (Å²) in [5.41, 5.74) is 0.702. The molecule has 24 nitrogen and oxygen atoms in total. The van der Waals surface area contributed by atoms with Crippen LogP contribution >= 0.6 is 0 Å². The van der Waals surface area contributed by atoms with E-state index in [1.54, 1.807) is 40.1 Å². The number of hydrogen-bond donors (Lipinski definition) is 6. The molecule has 1 atom stereocenters. The van der Waals surface area contributed by atoms with Gasteiger partial charge in [-0.15, -0.1) is 0 Å². The Balaban J connectivity index is 1.35. The fourth-order valence-corrected chi connectivity index (χ4v) is 5.83. The van der Waals surface area contributed by atoms with Crippen LogP contribution in [0.1, 0.15) is 12.0 Å². The summed E-state index contributed by atoms with van der Waals surface area (Å²) in [4.78, 5) is 130. The molecule has 0 unspecified atom stereocenters. The number of imide groups is 1. The number of carbonyl (C=O) groups excluding carboxylic acids is 9. The van der Waals surface area contributed by atoms with E-state index in [4.69, 9.17) is 19.3 Å². The maximum atomic E-state index is 13.1. The molecular weight excluding hydrogens is 844 g/mol. The number of nitrogens with zero attached hydrogens (tertiary/aromatic N) is 5. The zero-order valence-corrected chi connectivity index (χ0v) is 36.0. The van der Waals surface area contributed by atoms with Gasteiger partial charge in [0.1, 0.15) is 19.4 Å². The van der Waals surface area contributed by atoms with E-state index in [2.05, 4.69) is 26.6 Å². The number of likely N-dealkylation sites (N-methyl/N-ethyl adjacent to an activating group) is 2. The van der Waals surface area contributed by atoms with Gasteiger partial charge in [0.25, 0.3) is 11.8 Å².